The van der Waals surface area contributed by atoms with Crippen molar-refractivity contribution >= 4 is 23.3 Å². The van der Waals surface area contributed by atoms with Crippen LogP contribution in [0.1, 0.15) is 88.3 Å². The van der Waals surface area contributed by atoms with Crippen molar-refractivity contribution in [3.63, 3.8) is 0 Å². The van der Waals surface area contributed by atoms with E-state index in [1.165, 1.54) is 18.2 Å². The third kappa shape index (κ3) is 3.09. The number of Topliss-reactive ketones (excluding diaryl/α,β-unsaturated/α-hetero) is 1. The molecule has 1 N–H and O–H groups in total. The second-order valence-corrected chi connectivity index (χ2v) is 9.43. The second-order valence-electron chi connectivity index (χ2n) is 9.43. The van der Waals surface area contributed by atoms with E-state index in [0.29, 0.717) is 6.42 Å². The summed E-state index contributed by atoms with van der Waals surface area (Å²) >= 11 is 0. The molecule has 0 heterocycles. The molecule has 7 nitrogen and oxygen atoms in total. The summed E-state index contributed by atoms with van der Waals surface area (Å²) in [5.74, 6) is -3.86. The first-order valence-corrected chi connectivity index (χ1v) is 10.7. The topological polar surface area (TPSA) is 122 Å². The standard InChI is InChI=1S/C26H23NO6/c1-5-13-10-18(28)20-17(26(13,12-27)24(32)33-25(2,3)4)11-16-19(23(20)31)22(30)15-9-7-6-8-14(15)21(16)29/h6-9,11,13,31H,5,10H2,1-4H3/t13-,26-/m0/s1. The van der Waals surface area contributed by atoms with E-state index in [4.69, 9.17) is 4.74 Å². The van der Waals surface area contributed by atoms with Crippen molar-refractivity contribution in [1.29, 1.82) is 5.26 Å². The predicted molar refractivity (Wildman–Crippen MR) is 117 cm³/mol. The molecule has 4 rings (SSSR count). The van der Waals surface area contributed by atoms with Gasteiger partial charge in [-0.05, 0) is 38.3 Å². The van der Waals surface area contributed by atoms with Gasteiger partial charge in [0.05, 0.1) is 17.2 Å². The lowest BCUT2D eigenvalue weighted by Gasteiger charge is -2.39. The quantitative estimate of drug-likeness (QED) is 0.594. The molecule has 0 bridgehead atoms. The number of esters is 1. The molecule has 2 aliphatic rings. The Kier molecular flexibility index (Phi) is 5.01. The zero-order chi connectivity index (χ0) is 24.3. The van der Waals surface area contributed by atoms with Crippen molar-refractivity contribution in [2.24, 2.45) is 5.92 Å². The number of nitriles is 1. The Balaban J connectivity index is 2.06. The fourth-order valence-corrected chi connectivity index (χ4v) is 4.81. The highest BCUT2D eigenvalue weighted by atomic mass is 16.6. The lowest BCUT2D eigenvalue weighted by molar-refractivity contribution is -0.162. The van der Waals surface area contributed by atoms with Crippen molar-refractivity contribution in [3.05, 3.63) is 63.7 Å². The fraction of sp³-hybridized carbons (Fsp3) is 0.346. The van der Waals surface area contributed by atoms with Crippen LogP contribution < -0.4 is 0 Å². The molecule has 2 atom stereocenters. The minimum absolute atomic E-state index is 0.0841. The van der Waals surface area contributed by atoms with Gasteiger partial charge in [0.2, 0.25) is 0 Å². The monoisotopic (exact) mass is 445 g/mol. The number of hydrogen-bond acceptors (Lipinski definition) is 7. The molecule has 0 saturated carbocycles. The second kappa shape index (κ2) is 7.38. The van der Waals surface area contributed by atoms with Crippen LogP contribution in [0.5, 0.6) is 5.75 Å². The first-order valence-electron chi connectivity index (χ1n) is 10.7. The number of fused-ring (bicyclic) bond motifs is 3. The van der Waals surface area contributed by atoms with Crippen LogP contribution in [0.3, 0.4) is 0 Å². The first-order chi connectivity index (χ1) is 15.5. The number of phenolic OH excluding ortho intramolecular Hbond substituents is 1. The summed E-state index contributed by atoms with van der Waals surface area (Å²) in [6.45, 7) is 6.74. The van der Waals surface area contributed by atoms with Gasteiger partial charge in [0.25, 0.3) is 0 Å². The van der Waals surface area contributed by atoms with E-state index in [1.54, 1.807) is 39.8 Å². The maximum absolute atomic E-state index is 13.4. The molecule has 2 aliphatic carbocycles. The summed E-state index contributed by atoms with van der Waals surface area (Å²) in [5, 5.41) is 21.4. The molecule has 0 fully saturated rings. The zero-order valence-corrected chi connectivity index (χ0v) is 18.8. The van der Waals surface area contributed by atoms with E-state index in [1.807, 2.05) is 0 Å². The molecule has 0 aliphatic heterocycles. The summed E-state index contributed by atoms with van der Waals surface area (Å²) in [6.07, 6.45) is 0.132. The lowest BCUT2D eigenvalue weighted by atomic mass is 9.61. The van der Waals surface area contributed by atoms with Crippen LogP contribution in [0.4, 0.5) is 0 Å². The maximum atomic E-state index is 13.4. The number of benzene rings is 2. The number of aromatic hydroxyl groups is 1. The Morgan fingerprint density at radius 3 is 2.27 bits per heavy atom. The van der Waals surface area contributed by atoms with Crippen molar-refractivity contribution in [3.8, 4) is 11.8 Å². The number of carbonyl (C=O) groups excluding carboxylic acids is 4. The zero-order valence-electron chi connectivity index (χ0n) is 18.8. The fourth-order valence-electron chi connectivity index (χ4n) is 4.81. The van der Waals surface area contributed by atoms with Crippen molar-refractivity contribution in [1.82, 2.24) is 0 Å². The van der Waals surface area contributed by atoms with Gasteiger partial charge >= 0.3 is 5.97 Å². The van der Waals surface area contributed by atoms with E-state index < -0.39 is 46.0 Å². The summed E-state index contributed by atoms with van der Waals surface area (Å²) in [6, 6.07) is 9.52. The molecule has 7 heteroatoms. The molecule has 2 aromatic carbocycles. The number of rotatable bonds is 2. The smallest absolute Gasteiger partial charge is 0.331 e. The maximum Gasteiger partial charge on any atom is 0.331 e. The lowest BCUT2D eigenvalue weighted by Crippen LogP contribution is -2.49. The third-order valence-electron chi connectivity index (χ3n) is 6.33. The number of carbonyl (C=O) groups is 4. The van der Waals surface area contributed by atoms with Gasteiger partial charge in [-0.1, -0.05) is 37.6 Å². The van der Waals surface area contributed by atoms with E-state index in [9.17, 15) is 29.5 Å². The van der Waals surface area contributed by atoms with Crippen LogP contribution in [-0.4, -0.2) is 34.0 Å². The van der Waals surface area contributed by atoms with Crippen LogP contribution in [0, 0.1) is 17.2 Å². The van der Waals surface area contributed by atoms with Gasteiger partial charge in [-0.3, -0.25) is 14.4 Å². The van der Waals surface area contributed by atoms with Crippen LogP contribution >= 0.6 is 0 Å². The highest BCUT2D eigenvalue weighted by molar-refractivity contribution is 6.30. The van der Waals surface area contributed by atoms with Gasteiger partial charge in [0, 0.05) is 23.1 Å². The van der Waals surface area contributed by atoms with Gasteiger partial charge in [-0.25, -0.2) is 4.79 Å². The summed E-state index contributed by atoms with van der Waals surface area (Å²) < 4.78 is 5.58. The minimum atomic E-state index is -1.92. The number of phenols is 1. The Morgan fingerprint density at radius 1 is 1.12 bits per heavy atom. The molecule has 2 aromatic rings. The van der Waals surface area contributed by atoms with Crippen molar-refractivity contribution < 1.29 is 29.0 Å². The largest absolute Gasteiger partial charge is 0.506 e. The van der Waals surface area contributed by atoms with E-state index in [2.05, 4.69) is 6.07 Å². The highest BCUT2D eigenvalue weighted by Gasteiger charge is 2.56. The summed E-state index contributed by atoms with van der Waals surface area (Å²) in [5.41, 5.74) is -3.33. The molecule has 0 spiro atoms. The highest BCUT2D eigenvalue weighted by Crippen LogP contribution is 2.49. The molecular weight excluding hydrogens is 422 g/mol. The number of ketones is 3. The SMILES string of the molecule is CC[C@H]1CC(=O)c2c(cc3c(c2O)C(=O)c2ccccc2C3=O)[C@@]1(C#N)C(=O)OC(C)(C)C. The minimum Gasteiger partial charge on any atom is -0.506 e. The molecule has 168 valence electrons. The normalized spacial score (nSPS) is 21.5. The van der Waals surface area contributed by atoms with E-state index in [0.717, 1.165) is 0 Å². The first kappa shape index (κ1) is 22.4. The van der Waals surface area contributed by atoms with Crippen LogP contribution in [0.15, 0.2) is 30.3 Å². The van der Waals surface area contributed by atoms with E-state index in [-0.39, 0.29) is 39.8 Å². The molecule has 0 aromatic heterocycles. The van der Waals surface area contributed by atoms with Crippen LogP contribution in [-0.2, 0) is 14.9 Å². The number of hydrogen-bond donors (Lipinski definition) is 1. The Morgan fingerprint density at radius 2 is 1.73 bits per heavy atom. The molecule has 0 saturated heterocycles. The van der Waals surface area contributed by atoms with Crippen LogP contribution in [0.2, 0.25) is 0 Å². The van der Waals surface area contributed by atoms with Gasteiger partial charge in [0.1, 0.15) is 11.4 Å². The van der Waals surface area contributed by atoms with Gasteiger partial charge < -0.3 is 9.84 Å². The summed E-state index contributed by atoms with van der Waals surface area (Å²) in [4.78, 5) is 53.0. The molecule has 0 unspecified atom stereocenters. The molecule has 0 amide bonds. The van der Waals surface area contributed by atoms with Gasteiger partial charge in [0.15, 0.2) is 22.8 Å². The number of nitrogens with zero attached hydrogens (tertiary/aromatic N) is 1. The van der Waals surface area contributed by atoms with E-state index >= 15 is 0 Å². The Bertz CT molecular complexity index is 1290. The average Bonchev–Trinajstić information content (AvgIpc) is 2.75. The van der Waals surface area contributed by atoms with Crippen molar-refractivity contribution in [2.45, 2.75) is 51.6 Å². The van der Waals surface area contributed by atoms with Crippen LogP contribution in [0.25, 0.3) is 0 Å². The Labute approximate surface area is 191 Å². The molecule has 33 heavy (non-hydrogen) atoms. The predicted octanol–water partition coefficient (Wildman–Crippen LogP) is 3.88. The van der Waals surface area contributed by atoms with Crippen molar-refractivity contribution in [2.75, 3.05) is 0 Å². The Hall–Kier alpha value is -3.79. The van der Waals surface area contributed by atoms with Gasteiger partial charge in [-0.2, -0.15) is 5.26 Å². The van der Waals surface area contributed by atoms with Gasteiger partial charge in [-0.15, -0.1) is 0 Å². The molecule has 0 radical (unpaired) electrons. The average molecular weight is 445 g/mol. The third-order valence-corrected chi connectivity index (χ3v) is 6.33. The number of ether oxygens (including phenoxy) is 1. The summed E-state index contributed by atoms with van der Waals surface area (Å²) in [7, 11) is 0. The molecular formula is C26H23NO6.